The predicted octanol–water partition coefficient (Wildman–Crippen LogP) is 10.4. The highest BCUT2D eigenvalue weighted by atomic mass is 15.1. The molecule has 2 heteroatoms. The quantitative estimate of drug-likeness (QED) is 0.202. The van der Waals surface area contributed by atoms with E-state index < -0.39 is 142 Å². The minimum Gasteiger partial charge on any atom is -0.296 e. The van der Waals surface area contributed by atoms with Crippen molar-refractivity contribution >= 4 is 43.4 Å². The summed E-state index contributed by atoms with van der Waals surface area (Å²) in [5.74, 6) is -0.497. The third kappa shape index (κ3) is 3.68. The lowest BCUT2D eigenvalue weighted by molar-refractivity contribution is 0.908. The van der Waals surface area contributed by atoms with Crippen molar-refractivity contribution in [3.8, 4) is 27.9 Å². The lowest BCUT2D eigenvalue weighted by Crippen LogP contribution is -2.00. The van der Waals surface area contributed by atoms with Crippen LogP contribution in [0, 0.1) is 0 Å². The van der Waals surface area contributed by atoms with Gasteiger partial charge in [-0.15, -0.1) is 0 Å². The van der Waals surface area contributed by atoms with Gasteiger partial charge < -0.3 is 0 Å². The third-order valence-corrected chi connectivity index (χ3v) is 7.00. The van der Waals surface area contributed by atoms with Gasteiger partial charge in [-0.25, -0.2) is 4.98 Å². The molecule has 0 aliphatic heterocycles. The van der Waals surface area contributed by atoms with Gasteiger partial charge >= 0.3 is 0 Å². The van der Waals surface area contributed by atoms with Gasteiger partial charge in [-0.2, -0.15) is 0 Å². The number of nitrogens with zero attached hydrogens (tertiary/aromatic N) is 2. The molecule has 0 amide bonds. The average molecular weight is 545 g/mol. The molecule has 0 spiro atoms. The van der Waals surface area contributed by atoms with Crippen LogP contribution in [0.4, 0.5) is 0 Å². The Labute approximate surface area is 267 Å². The predicted molar refractivity (Wildman–Crippen MR) is 174 cm³/mol. The van der Waals surface area contributed by atoms with Crippen molar-refractivity contribution in [2.24, 2.45) is 0 Å². The van der Waals surface area contributed by atoms with E-state index in [1.54, 1.807) is 24.3 Å². The summed E-state index contributed by atoms with van der Waals surface area (Å²) in [6.07, 6.45) is -3.02. The zero-order valence-corrected chi connectivity index (χ0v) is 21.0. The van der Waals surface area contributed by atoms with Crippen molar-refractivity contribution in [3.05, 3.63) is 145 Å². The van der Waals surface area contributed by atoms with Gasteiger partial charge in [0.05, 0.1) is 31.6 Å². The molecule has 0 aliphatic rings. The second-order valence-electron chi connectivity index (χ2n) is 9.18. The van der Waals surface area contributed by atoms with Crippen LogP contribution in [0.5, 0.6) is 0 Å². The van der Waals surface area contributed by atoms with E-state index in [9.17, 15) is 6.85 Å². The Morgan fingerprint density at radius 1 is 0.683 bits per heavy atom. The molecule has 8 aromatic rings. The first-order chi connectivity index (χ1) is 28.5. The zero-order chi connectivity index (χ0) is 44.7. The highest BCUT2D eigenvalue weighted by Crippen LogP contribution is 2.45. The molecule has 0 unspecified atom stereocenters. The maximum Gasteiger partial charge on any atom is 0.114 e. The monoisotopic (exact) mass is 544 g/mol. The fourth-order valence-electron chi connectivity index (χ4n) is 5.34. The van der Waals surface area contributed by atoms with Crippen molar-refractivity contribution in [2.45, 2.75) is 13.2 Å². The van der Waals surface area contributed by atoms with Gasteiger partial charge in [0.25, 0.3) is 0 Å². The number of aryl methyl sites for hydroxylation is 1. The number of benzene rings is 7. The molecule has 0 N–H and O–H groups in total. The van der Waals surface area contributed by atoms with Crippen LogP contribution < -0.4 is 0 Å². The molecular formula is C39H28N2. The van der Waals surface area contributed by atoms with E-state index in [1.807, 2.05) is 0 Å². The number of aromatic nitrogens is 2. The van der Waals surface area contributed by atoms with Gasteiger partial charge in [-0.1, -0.05) is 122 Å². The fraction of sp³-hybridized carbons (Fsp3) is 0.0513. The Balaban J connectivity index is 1.66. The SMILES string of the molecule is [2H]c1c([2H])c([2H])c2c(-c3c4c([2H])c([2H])c([2H])c([2H])c4c(-c4cccc(-n5c(C([2H])([2H])C([2H])([2H])[2H])nc6ccccc65)c4)c4c([2H])c([2H])c([2H])c([2H])c34)c([2H])c([2H])c([2H])c2c1[2H]. The van der Waals surface area contributed by atoms with E-state index in [2.05, 4.69) is 4.98 Å². The average Bonchev–Trinajstić information content (AvgIpc) is 3.63. The highest BCUT2D eigenvalue weighted by Gasteiger charge is 2.18. The molecule has 0 saturated heterocycles. The van der Waals surface area contributed by atoms with Crippen molar-refractivity contribution in [2.75, 3.05) is 0 Å². The summed E-state index contributed by atoms with van der Waals surface area (Å²) in [6.45, 7) is -3.20. The zero-order valence-electron chi connectivity index (χ0n) is 41.0. The van der Waals surface area contributed by atoms with E-state index in [-0.39, 0.29) is 33.1 Å². The largest absolute Gasteiger partial charge is 0.296 e. The molecule has 194 valence electrons. The Morgan fingerprint density at radius 3 is 2.10 bits per heavy atom. The molecule has 0 radical (unpaired) electrons. The van der Waals surface area contributed by atoms with E-state index >= 15 is 0 Å². The molecule has 8 rings (SSSR count). The van der Waals surface area contributed by atoms with E-state index in [0.29, 0.717) is 5.52 Å². The summed E-state index contributed by atoms with van der Waals surface area (Å²) in [4.78, 5) is 4.37. The minimum absolute atomic E-state index is 0.0489. The molecule has 0 saturated carbocycles. The number of rotatable bonds is 4. The Morgan fingerprint density at radius 2 is 1.34 bits per heavy atom. The minimum atomic E-state index is -3.20. The Kier molecular flexibility index (Phi) is 2.54. The molecule has 0 atom stereocenters. The first kappa shape index (κ1) is 11.0. The fourth-order valence-corrected chi connectivity index (χ4v) is 5.34. The number of hydrogen-bond donors (Lipinski definition) is 0. The van der Waals surface area contributed by atoms with Crippen LogP contribution in [0.1, 0.15) is 40.1 Å². The Hall–Kier alpha value is -5.21. The van der Waals surface area contributed by atoms with Crippen molar-refractivity contribution < 1.29 is 27.4 Å². The molecular weight excluding hydrogens is 496 g/mol. The molecule has 0 bridgehead atoms. The van der Waals surface area contributed by atoms with Crippen LogP contribution in [0.25, 0.3) is 71.3 Å². The van der Waals surface area contributed by atoms with E-state index in [1.165, 1.54) is 28.8 Å². The normalized spacial score (nSPS) is 19.2. The topological polar surface area (TPSA) is 17.8 Å². The molecule has 0 fully saturated rings. The van der Waals surface area contributed by atoms with Gasteiger partial charge in [0.2, 0.25) is 0 Å². The second kappa shape index (κ2) is 9.46. The van der Waals surface area contributed by atoms with Gasteiger partial charge in [-0.3, -0.25) is 4.57 Å². The van der Waals surface area contributed by atoms with Gasteiger partial charge in [0.15, 0.2) is 0 Å². The summed E-state index contributed by atoms with van der Waals surface area (Å²) in [5, 5.41) is -2.55. The Bertz CT molecular complexity index is 3190. The molecule has 0 aliphatic carbocycles. The van der Waals surface area contributed by atoms with Crippen molar-refractivity contribution in [3.63, 3.8) is 0 Å². The summed E-state index contributed by atoms with van der Waals surface area (Å²) in [5.41, 5.74) is -0.487. The molecule has 1 aromatic heterocycles. The lowest BCUT2D eigenvalue weighted by Gasteiger charge is -2.19. The van der Waals surface area contributed by atoms with Crippen LogP contribution in [-0.4, -0.2) is 9.55 Å². The maximum atomic E-state index is 9.34. The van der Waals surface area contributed by atoms with Crippen LogP contribution >= 0.6 is 0 Å². The summed E-state index contributed by atoms with van der Waals surface area (Å²) < 4.78 is 176. The number of hydrogen-bond acceptors (Lipinski definition) is 1. The smallest absolute Gasteiger partial charge is 0.114 e. The van der Waals surface area contributed by atoms with Crippen LogP contribution in [0.3, 0.4) is 0 Å². The standard InChI is InChI=1S/C39H28N2/c1-2-37-40-35-23-9-10-24-36(35)41(37)28-16-11-15-27(25-28)38-31-18-5-7-20-33(31)39(34-21-8-6-19-32(34)38)30-22-12-14-26-13-3-4-17-29(26)30/h3-25H,2H2,1H3/i1D3,2D2,3D,4D,5D,6D,7D,8D,12D,13D,14D,17D,18D,19D,20D,21D,22D. The van der Waals surface area contributed by atoms with Gasteiger partial charge in [0.1, 0.15) is 5.82 Å². The number of para-hydroxylation sites is 2. The van der Waals surface area contributed by atoms with Crippen molar-refractivity contribution in [1.82, 2.24) is 9.55 Å². The second-order valence-corrected chi connectivity index (χ2v) is 9.18. The first-order valence-electron chi connectivity index (χ1n) is 22.5. The van der Waals surface area contributed by atoms with Crippen LogP contribution in [0.2, 0.25) is 0 Å². The van der Waals surface area contributed by atoms with E-state index in [0.717, 1.165) is 0 Å². The number of fused-ring (bicyclic) bond motifs is 4. The first-order valence-corrected chi connectivity index (χ1v) is 12.5. The summed E-state index contributed by atoms with van der Waals surface area (Å²) in [6, 6.07) is 0.728. The molecule has 2 nitrogen and oxygen atoms in total. The lowest BCUT2D eigenvalue weighted by atomic mass is 9.84. The highest BCUT2D eigenvalue weighted by molar-refractivity contribution is 6.23. The molecule has 41 heavy (non-hydrogen) atoms. The maximum absolute atomic E-state index is 9.34. The van der Waals surface area contributed by atoms with Gasteiger partial charge in [0, 0.05) is 18.9 Å². The van der Waals surface area contributed by atoms with E-state index in [4.69, 9.17) is 20.6 Å². The molecule has 7 aromatic carbocycles. The van der Waals surface area contributed by atoms with Crippen molar-refractivity contribution in [1.29, 1.82) is 0 Å². The molecule has 1 heterocycles. The van der Waals surface area contributed by atoms with Crippen LogP contribution in [0.15, 0.2) is 139 Å². The van der Waals surface area contributed by atoms with Crippen LogP contribution in [-0.2, 0) is 6.37 Å². The van der Waals surface area contributed by atoms with Gasteiger partial charge in [-0.05, 0) is 78.8 Å². The third-order valence-electron chi connectivity index (χ3n) is 7.00. The summed E-state index contributed by atoms with van der Waals surface area (Å²) in [7, 11) is 0. The number of imidazole rings is 1. The summed E-state index contributed by atoms with van der Waals surface area (Å²) >= 11 is 0.